The Morgan fingerprint density at radius 3 is 3.43 bits per heavy atom. The number of hydrogen-bond acceptors (Lipinski definition) is 3. The van der Waals surface area contributed by atoms with Crippen molar-refractivity contribution >= 4 is 16.3 Å². The highest BCUT2D eigenvalue weighted by Crippen LogP contribution is 2.22. The van der Waals surface area contributed by atoms with Crippen LogP contribution >= 0.6 is 11.3 Å². The Kier molecular flexibility index (Phi) is 1.77. The fourth-order valence-electron chi connectivity index (χ4n) is 2.13. The predicted octanol–water partition coefficient (Wildman–Crippen LogP) is 1.40. The van der Waals surface area contributed by atoms with E-state index in [9.17, 15) is 0 Å². The molecule has 0 saturated carbocycles. The van der Waals surface area contributed by atoms with E-state index < -0.39 is 0 Å². The van der Waals surface area contributed by atoms with Gasteiger partial charge in [0.25, 0.3) is 0 Å². The number of aryl methyl sites for hydroxylation is 1. The Labute approximate surface area is 86.4 Å². The number of aromatic nitrogens is 3. The molecule has 0 amide bonds. The molecule has 2 aromatic heterocycles. The van der Waals surface area contributed by atoms with Gasteiger partial charge < -0.3 is 0 Å². The molecule has 1 aliphatic carbocycles. The maximum absolute atomic E-state index is 4.41. The molecule has 0 unspecified atom stereocenters. The van der Waals surface area contributed by atoms with Crippen LogP contribution in [0.2, 0.25) is 0 Å². The molecule has 2 heterocycles. The summed E-state index contributed by atoms with van der Waals surface area (Å²) >= 11 is 1.60. The molecule has 1 aliphatic rings. The van der Waals surface area contributed by atoms with Gasteiger partial charge in [0.1, 0.15) is 17.4 Å². The normalized spacial score (nSPS) is 21.1. The summed E-state index contributed by atoms with van der Waals surface area (Å²) < 4.78 is 2.01. The van der Waals surface area contributed by atoms with Gasteiger partial charge in [0.05, 0.1) is 0 Å². The molecular formula is C10H12N3S+. The Morgan fingerprint density at radius 1 is 1.57 bits per heavy atom. The summed E-state index contributed by atoms with van der Waals surface area (Å²) in [5.41, 5.74) is 4.61. The monoisotopic (exact) mass is 206 g/mol. The van der Waals surface area contributed by atoms with Crippen molar-refractivity contribution in [3.05, 3.63) is 23.0 Å². The summed E-state index contributed by atoms with van der Waals surface area (Å²) in [6.45, 7) is 2.30. The fourth-order valence-corrected chi connectivity index (χ4v) is 2.74. The lowest BCUT2D eigenvalue weighted by Crippen LogP contribution is -2.34. The number of fused-ring (bicyclic) bond motifs is 3. The fraction of sp³-hybridized carbons (Fsp3) is 0.500. The van der Waals surface area contributed by atoms with Gasteiger partial charge in [-0.15, -0.1) is 0 Å². The summed E-state index contributed by atoms with van der Waals surface area (Å²) in [4.78, 5) is 5.42. The first kappa shape index (κ1) is 8.29. The van der Waals surface area contributed by atoms with Crippen LogP contribution in [0.3, 0.4) is 0 Å². The van der Waals surface area contributed by atoms with E-state index in [1.807, 2.05) is 16.2 Å². The highest BCUT2D eigenvalue weighted by molar-refractivity contribution is 7.14. The lowest BCUT2D eigenvalue weighted by atomic mass is 9.89. The lowest BCUT2D eigenvalue weighted by molar-refractivity contribution is -0.587. The molecule has 72 valence electrons. The Bertz CT molecular complexity index is 477. The van der Waals surface area contributed by atoms with E-state index in [-0.39, 0.29) is 0 Å². The van der Waals surface area contributed by atoms with Crippen LogP contribution in [0.5, 0.6) is 0 Å². The first-order chi connectivity index (χ1) is 6.84. The Balaban J connectivity index is 2.24. The van der Waals surface area contributed by atoms with Crippen molar-refractivity contribution in [2.24, 2.45) is 5.92 Å². The van der Waals surface area contributed by atoms with E-state index in [0.29, 0.717) is 0 Å². The van der Waals surface area contributed by atoms with Crippen LogP contribution in [-0.2, 0) is 12.8 Å². The number of nitrogens with zero attached hydrogens (tertiary/aromatic N) is 3. The highest BCUT2D eigenvalue weighted by Gasteiger charge is 2.24. The number of rotatable bonds is 0. The first-order valence-electron chi connectivity index (χ1n) is 4.97. The van der Waals surface area contributed by atoms with Gasteiger partial charge in [0, 0.05) is 12.0 Å². The largest absolute Gasteiger partial charge is 0.409 e. The van der Waals surface area contributed by atoms with Crippen LogP contribution in [0.25, 0.3) is 4.96 Å². The van der Waals surface area contributed by atoms with Crippen LogP contribution in [-0.4, -0.2) is 10.1 Å². The second kappa shape index (κ2) is 2.98. The van der Waals surface area contributed by atoms with Gasteiger partial charge >= 0.3 is 4.96 Å². The van der Waals surface area contributed by atoms with Crippen molar-refractivity contribution in [3.8, 4) is 0 Å². The minimum atomic E-state index is 0.793. The van der Waals surface area contributed by atoms with Gasteiger partial charge in [-0.05, 0) is 35.1 Å². The minimum Gasteiger partial charge on any atom is -0.0878 e. The van der Waals surface area contributed by atoms with Gasteiger partial charge in [-0.3, -0.25) is 0 Å². The summed E-state index contributed by atoms with van der Waals surface area (Å²) in [6.07, 6.45) is 5.60. The molecule has 14 heavy (non-hydrogen) atoms. The molecular weight excluding hydrogens is 194 g/mol. The van der Waals surface area contributed by atoms with Gasteiger partial charge in [-0.1, -0.05) is 16.5 Å². The highest BCUT2D eigenvalue weighted by atomic mass is 32.1. The van der Waals surface area contributed by atoms with Gasteiger partial charge in [0.15, 0.2) is 0 Å². The summed E-state index contributed by atoms with van der Waals surface area (Å²) in [7, 11) is 0. The van der Waals surface area contributed by atoms with Crippen molar-refractivity contribution in [1.82, 2.24) is 10.1 Å². The van der Waals surface area contributed by atoms with E-state index in [4.69, 9.17) is 0 Å². The third kappa shape index (κ3) is 1.14. The second-order valence-corrected chi connectivity index (χ2v) is 4.82. The molecule has 3 nitrogen and oxygen atoms in total. The molecule has 0 N–H and O–H groups in total. The summed E-state index contributed by atoms with van der Waals surface area (Å²) in [5.74, 6) is 0.793. The predicted molar refractivity (Wildman–Crippen MR) is 54.3 cm³/mol. The zero-order valence-corrected chi connectivity index (χ0v) is 8.92. The zero-order chi connectivity index (χ0) is 9.54. The molecule has 0 saturated heterocycles. The van der Waals surface area contributed by atoms with Gasteiger partial charge in [-0.2, -0.15) is 0 Å². The van der Waals surface area contributed by atoms with E-state index in [0.717, 1.165) is 23.7 Å². The molecule has 0 radical (unpaired) electrons. The standard InChI is InChI=1S/C10H12N3S/c1-7-2-3-9-8(4-7)5-11-10-13(9)12-6-14-10/h5-7H,2-4H2,1H3/q+1/t7-/m0/s1. The Morgan fingerprint density at radius 2 is 2.50 bits per heavy atom. The number of hydrogen-bond donors (Lipinski definition) is 0. The molecule has 4 heteroatoms. The van der Waals surface area contributed by atoms with Crippen LogP contribution < -0.4 is 4.52 Å². The molecule has 2 aromatic rings. The average molecular weight is 206 g/mol. The van der Waals surface area contributed by atoms with Crippen LogP contribution in [0.1, 0.15) is 24.6 Å². The third-order valence-electron chi connectivity index (χ3n) is 2.90. The maximum atomic E-state index is 4.41. The van der Waals surface area contributed by atoms with Crippen molar-refractivity contribution in [2.45, 2.75) is 26.2 Å². The second-order valence-electron chi connectivity index (χ2n) is 4.01. The van der Waals surface area contributed by atoms with E-state index in [2.05, 4.69) is 17.0 Å². The third-order valence-corrected chi connectivity index (χ3v) is 3.59. The van der Waals surface area contributed by atoms with E-state index in [1.54, 1.807) is 11.3 Å². The van der Waals surface area contributed by atoms with Crippen molar-refractivity contribution in [3.63, 3.8) is 0 Å². The smallest absolute Gasteiger partial charge is 0.0878 e. The van der Waals surface area contributed by atoms with Gasteiger partial charge in [0.2, 0.25) is 0 Å². The first-order valence-corrected chi connectivity index (χ1v) is 5.85. The van der Waals surface area contributed by atoms with Crippen molar-refractivity contribution in [2.75, 3.05) is 0 Å². The minimum absolute atomic E-state index is 0.793. The molecule has 0 spiro atoms. The Hall–Kier alpha value is -1.03. The van der Waals surface area contributed by atoms with Crippen LogP contribution in [0, 0.1) is 5.92 Å². The summed E-state index contributed by atoms with van der Waals surface area (Å²) in [5, 5.41) is 4.33. The average Bonchev–Trinajstić information content (AvgIpc) is 2.65. The van der Waals surface area contributed by atoms with E-state index in [1.165, 1.54) is 17.7 Å². The van der Waals surface area contributed by atoms with E-state index >= 15 is 0 Å². The van der Waals surface area contributed by atoms with Crippen molar-refractivity contribution in [1.29, 1.82) is 0 Å². The zero-order valence-electron chi connectivity index (χ0n) is 8.10. The molecule has 0 aromatic carbocycles. The molecule has 0 bridgehead atoms. The molecule has 3 rings (SSSR count). The SMILES string of the molecule is C[C@H]1CCc2c(cnc3scn[n+]23)C1. The van der Waals surface area contributed by atoms with Gasteiger partial charge in [-0.25, -0.2) is 0 Å². The van der Waals surface area contributed by atoms with Crippen LogP contribution in [0.15, 0.2) is 11.7 Å². The van der Waals surface area contributed by atoms with Crippen LogP contribution in [0.4, 0.5) is 0 Å². The quantitative estimate of drug-likeness (QED) is 0.610. The lowest BCUT2D eigenvalue weighted by Gasteiger charge is -2.16. The van der Waals surface area contributed by atoms with Crippen molar-refractivity contribution < 1.29 is 4.52 Å². The summed E-state index contributed by atoms with van der Waals surface area (Å²) in [6, 6.07) is 0. The molecule has 0 aliphatic heterocycles. The molecule has 1 atom stereocenters. The maximum Gasteiger partial charge on any atom is 0.409 e. The molecule has 0 fully saturated rings. The topological polar surface area (TPSA) is 29.9 Å².